The molecule has 2 heterocycles. The van der Waals surface area contributed by atoms with E-state index >= 15 is 0 Å². The number of hydrogen-bond donors (Lipinski definition) is 2. The molecule has 0 amide bonds. The first kappa shape index (κ1) is 9.58. The van der Waals surface area contributed by atoms with E-state index in [9.17, 15) is 0 Å². The summed E-state index contributed by atoms with van der Waals surface area (Å²) < 4.78 is 0. The van der Waals surface area contributed by atoms with Crippen molar-refractivity contribution in [3.63, 3.8) is 0 Å². The van der Waals surface area contributed by atoms with E-state index in [1.165, 1.54) is 30.7 Å². The number of hydrogen-bond acceptors (Lipinski definition) is 5. The third-order valence-electron chi connectivity index (χ3n) is 2.30. The van der Waals surface area contributed by atoms with Crippen molar-refractivity contribution in [1.29, 1.82) is 0 Å². The monoisotopic (exact) mass is 210 g/mol. The van der Waals surface area contributed by atoms with Crippen LogP contribution in [0.5, 0.6) is 0 Å². The van der Waals surface area contributed by atoms with Gasteiger partial charge < -0.3 is 11.1 Å². The molecule has 2 rings (SSSR count). The van der Waals surface area contributed by atoms with Crippen LogP contribution >= 0.6 is 11.8 Å². The number of aromatic nitrogens is 2. The van der Waals surface area contributed by atoms with Gasteiger partial charge >= 0.3 is 0 Å². The van der Waals surface area contributed by atoms with Crippen molar-refractivity contribution in [2.75, 3.05) is 22.6 Å². The van der Waals surface area contributed by atoms with Gasteiger partial charge in [0.15, 0.2) is 5.82 Å². The highest BCUT2D eigenvalue weighted by atomic mass is 32.2. The Balaban J connectivity index is 1.99. The highest BCUT2D eigenvalue weighted by molar-refractivity contribution is 7.99. The minimum atomic E-state index is 0.522. The minimum absolute atomic E-state index is 0.522. The summed E-state index contributed by atoms with van der Waals surface area (Å²) in [4.78, 5) is 7.98. The molecule has 3 N–H and O–H groups in total. The topological polar surface area (TPSA) is 63.8 Å². The zero-order valence-electron chi connectivity index (χ0n) is 7.94. The number of nitrogens with one attached hydrogen (secondary N) is 1. The quantitative estimate of drug-likeness (QED) is 0.771. The maximum absolute atomic E-state index is 5.75. The lowest BCUT2D eigenvalue weighted by molar-refractivity contribution is 0.664. The second-order valence-corrected chi connectivity index (χ2v) is 4.58. The molecule has 1 fully saturated rings. The van der Waals surface area contributed by atoms with Gasteiger partial charge in [0, 0.05) is 6.04 Å². The van der Waals surface area contributed by atoms with Gasteiger partial charge in [0.05, 0.1) is 11.9 Å². The van der Waals surface area contributed by atoms with E-state index in [2.05, 4.69) is 15.3 Å². The Morgan fingerprint density at radius 2 is 2.21 bits per heavy atom. The molecule has 76 valence electrons. The molecule has 14 heavy (non-hydrogen) atoms. The first-order valence-electron chi connectivity index (χ1n) is 4.76. The Kier molecular flexibility index (Phi) is 3.08. The molecule has 4 nitrogen and oxygen atoms in total. The number of nitrogen functional groups attached to an aromatic ring is 1. The number of anilines is 2. The second-order valence-electron chi connectivity index (χ2n) is 3.36. The summed E-state index contributed by atoms with van der Waals surface area (Å²) in [6.45, 7) is 0. The second kappa shape index (κ2) is 4.50. The normalized spacial score (nSPS) is 18.0. The molecule has 0 aromatic carbocycles. The minimum Gasteiger partial charge on any atom is -0.394 e. The number of nitrogens with zero attached hydrogens (tertiary/aromatic N) is 2. The van der Waals surface area contributed by atoms with Crippen molar-refractivity contribution >= 4 is 23.3 Å². The van der Waals surface area contributed by atoms with Crippen LogP contribution in [0, 0.1) is 0 Å². The molecule has 0 radical (unpaired) electrons. The van der Waals surface area contributed by atoms with Gasteiger partial charge in [0.25, 0.3) is 0 Å². The molecule has 5 heteroatoms. The average Bonchev–Trinajstić information content (AvgIpc) is 2.23. The highest BCUT2D eigenvalue weighted by Gasteiger charge is 2.14. The largest absolute Gasteiger partial charge is 0.394 e. The first-order valence-corrected chi connectivity index (χ1v) is 5.91. The summed E-state index contributed by atoms with van der Waals surface area (Å²) in [5.41, 5.74) is 6.38. The van der Waals surface area contributed by atoms with E-state index in [-0.39, 0.29) is 0 Å². The smallest absolute Gasteiger partial charge is 0.152 e. The molecule has 0 unspecified atom stereocenters. The van der Waals surface area contributed by atoms with E-state index in [0.29, 0.717) is 11.7 Å². The van der Waals surface area contributed by atoms with E-state index in [4.69, 9.17) is 5.73 Å². The maximum atomic E-state index is 5.75. The summed E-state index contributed by atoms with van der Waals surface area (Å²) in [5, 5.41) is 3.36. The third-order valence-corrected chi connectivity index (χ3v) is 3.35. The van der Waals surface area contributed by atoms with Crippen molar-refractivity contribution in [3.05, 3.63) is 12.5 Å². The molecule has 0 aliphatic carbocycles. The highest BCUT2D eigenvalue weighted by Crippen LogP contribution is 2.21. The standard InChI is InChI=1S/C9H14N4S/c10-8-5-11-6-12-9(8)13-7-1-3-14-4-2-7/h5-7H,1-4,10H2,(H,11,12,13). The lowest BCUT2D eigenvalue weighted by atomic mass is 10.1. The molecule has 1 aromatic rings. The Labute approximate surface area is 87.7 Å². The van der Waals surface area contributed by atoms with Crippen LogP contribution in [0.2, 0.25) is 0 Å². The van der Waals surface area contributed by atoms with Crippen LogP contribution in [0.4, 0.5) is 11.5 Å². The van der Waals surface area contributed by atoms with Crippen molar-refractivity contribution in [1.82, 2.24) is 9.97 Å². The maximum Gasteiger partial charge on any atom is 0.152 e. The van der Waals surface area contributed by atoms with Crippen LogP contribution in [-0.4, -0.2) is 27.5 Å². The van der Waals surface area contributed by atoms with Crippen molar-refractivity contribution in [2.24, 2.45) is 0 Å². The number of thioether (sulfide) groups is 1. The van der Waals surface area contributed by atoms with Crippen LogP contribution < -0.4 is 11.1 Å². The fraction of sp³-hybridized carbons (Fsp3) is 0.556. The molecule has 1 aliphatic heterocycles. The van der Waals surface area contributed by atoms with Crippen molar-refractivity contribution < 1.29 is 0 Å². The fourth-order valence-electron chi connectivity index (χ4n) is 1.50. The molecular weight excluding hydrogens is 196 g/mol. The summed E-state index contributed by atoms with van der Waals surface area (Å²) in [5.74, 6) is 3.22. The Morgan fingerprint density at radius 1 is 1.43 bits per heavy atom. The van der Waals surface area contributed by atoms with Gasteiger partial charge in [-0.15, -0.1) is 0 Å². The molecule has 1 aliphatic rings. The lowest BCUT2D eigenvalue weighted by Gasteiger charge is -2.23. The SMILES string of the molecule is Nc1cncnc1NC1CCSCC1. The summed E-state index contributed by atoms with van der Waals surface area (Å²) in [7, 11) is 0. The van der Waals surface area contributed by atoms with E-state index in [1.54, 1.807) is 6.20 Å². The first-order chi connectivity index (χ1) is 6.86. The van der Waals surface area contributed by atoms with Crippen LogP contribution in [0.15, 0.2) is 12.5 Å². The van der Waals surface area contributed by atoms with Crippen molar-refractivity contribution in [3.8, 4) is 0 Å². The molecular formula is C9H14N4S. The predicted molar refractivity (Wildman–Crippen MR) is 60.4 cm³/mol. The van der Waals surface area contributed by atoms with E-state index < -0.39 is 0 Å². The number of nitrogens with two attached hydrogens (primary N) is 1. The van der Waals surface area contributed by atoms with Gasteiger partial charge in [-0.2, -0.15) is 11.8 Å². The summed E-state index contributed by atoms with van der Waals surface area (Å²) in [6.07, 6.45) is 5.53. The average molecular weight is 210 g/mol. The van der Waals surface area contributed by atoms with Gasteiger partial charge in [-0.1, -0.05) is 0 Å². The summed E-state index contributed by atoms with van der Waals surface area (Å²) in [6, 6.07) is 0.522. The van der Waals surface area contributed by atoms with Crippen LogP contribution in [0.25, 0.3) is 0 Å². The molecule has 0 saturated carbocycles. The van der Waals surface area contributed by atoms with Crippen molar-refractivity contribution in [2.45, 2.75) is 18.9 Å². The van der Waals surface area contributed by atoms with Crippen LogP contribution in [0.1, 0.15) is 12.8 Å². The van der Waals surface area contributed by atoms with Gasteiger partial charge in [-0.05, 0) is 24.3 Å². The zero-order chi connectivity index (χ0) is 9.80. The van der Waals surface area contributed by atoms with E-state index in [1.807, 2.05) is 11.8 Å². The van der Waals surface area contributed by atoms with Gasteiger partial charge in [0.2, 0.25) is 0 Å². The molecule has 1 aromatic heterocycles. The third kappa shape index (κ3) is 2.29. The molecule has 1 saturated heterocycles. The van der Waals surface area contributed by atoms with Gasteiger partial charge in [-0.3, -0.25) is 0 Å². The fourth-order valence-corrected chi connectivity index (χ4v) is 2.60. The Morgan fingerprint density at radius 3 is 2.93 bits per heavy atom. The summed E-state index contributed by atoms with van der Waals surface area (Å²) >= 11 is 2.01. The Hall–Kier alpha value is -0.970. The molecule has 0 spiro atoms. The van der Waals surface area contributed by atoms with Crippen LogP contribution in [-0.2, 0) is 0 Å². The molecule has 0 bridgehead atoms. The molecule has 0 atom stereocenters. The van der Waals surface area contributed by atoms with Gasteiger partial charge in [-0.25, -0.2) is 9.97 Å². The van der Waals surface area contributed by atoms with Crippen LogP contribution in [0.3, 0.4) is 0 Å². The zero-order valence-corrected chi connectivity index (χ0v) is 8.76. The van der Waals surface area contributed by atoms with Gasteiger partial charge in [0.1, 0.15) is 6.33 Å². The number of rotatable bonds is 2. The predicted octanol–water partition coefficient (Wildman–Crippen LogP) is 1.37. The Bertz CT molecular complexity index is 299. The van der Waals surface area contributed by atoms with E-state index in [0.717, 1.165) is 5.82 Å². The lowest BCUT2D eigenvalue weighted by Crippen LogP contribution is -2.25.